The maximum absolute atomic E-state index is 12.9. The highest BCUT2D eigenvalue weighted by Gasteiger charge is 2.12. The average Bonchev–Trinajstić information content (AvgIpc) is 3.05. The lowest BCUT2D eigenvalue weighted by Gasteiger charge is -2.10. The van der Waals surface area contributed by atoms with Crippen LogP contribution in [0.15, 0.2) is 52.9 Å². The summed E-state index contributed by atoms with van der Waals surface area (Å²) in [4.78, 5) is 12.1. The van der Waals surface area contributed by atoms with E-state index in [1.807, 2.05) is 13.0 Å². The standard InChI is InChI=1S/C18H17FN4O3/c1-2-25-15-6-4-3-5-14(15)20-17(24)21-18-23-22-16(26-18)11-12-7-9-13(19)10-8-12/h3-10H,2,11H2,1H3,(H2,20,21,23,24). The normalized spacial score (nSPS) is 10.4. The van der Waals surface area contributed by atoms with Crippen LogP contribution in [-0.2, 0) is 6.42 Å². The van der Waals surface area contributed by atoms with E-state index in [1.54, 1.807) is 30.3 Å². The van der Waals surface area contributed by atoms with E-state index in [0.717, 1.165) is 5.56 Å². The van der Waals surface area contributed by atoms with Crippen LogP contribution in [0.1, 0.15) is 18.4 Å². The van der Waals surface area contributed by atoms with Gasteiger partial charge >= 0.3 is 12.0 Å². The van der Waals surface area contributed by atoms with Gasteiger partial charge < -0.3 is 14.5 Å². The van der Waals surface area contributed by atoms with Crippen LogP contribution in [0.5, 0.6) is 5.75 Å². The molecule has 0 aliphatic heterocycles. The molecule has 134 valence electrons. The van der Waals surface area contributed by atoms with Crippen molar-refractivity contribution in [2.75, 3.05) is 17.2 Å². The topological polar surface area (TPSA) is 89.3 Å². The molecule has 2 amide bonds. The Kier molecular flexibility index (Phi) is 5.43. The molecule has 1 heterocycles. The lowest BCUT2D eigenvalue weighted by atomic mass is 10.1. The Bertz CT molecular complexity index is 880. The van der Waals surface area contributed by atoms with Gasteiger partial charge in [-0.2, -0.15) is 0 Å². The fourth-order valence-electron chi connectivity index (χ4n) is 2.25. The molecule has 0 atom stereocenters. The van der Waals surface area contributed by atoms with Gasteiger partial charge in [-0.25, -0.2) is 9.18 Å². The van der Waals surface area contributed by atoms with Crippen molar-refractivity contribution in [3.63, 3.8) is 0 Å². The number of hydrogen-bond donors (Lipinski definition) is 2. The molecule has 0 unspecified atom stereocenters. The van der Waals surface area contributed by atoms with Gasteiger partial charge in [0.25, 0.3) is 0 Å². The highest BCUT2D eigenvalue weighted by Crippen LogP contribution is 2.23. The molecule has 7 nitrogen and oxygen atoms in total. The molecule has 2 aromatic carbocycles. The van der Waals surface area contributed by atoms with E-state index < -0.39 is 6.03 Å². The van der Waals surface area contributed by atoms with E-state index in [9.17, 15) is 9.18 Å². The fourth-order valence-corrected chi connectivity index (χ4v) is 2.25. The summed E-state index contributed by atoms with van der Waals surface area (Å²) in [7, 11) is 0. The summed E-state index contributed by atoms with van der Waals surface area (Å²) in [6.45, 7) is 2.34. The van der Waals surface area contributed by atoms with Crippen molar-refractivity contribution >= 4 is 17.7 Å². The van der Waals surface area contributed by atoms with Crippen molar-refractivity contribution in [2.45, 2.75) is 13.3 Å². The Morgan fingerprint density at radius 3 is 2.65 bits per heavy atom. The van der Waals surface area contributed by atoms with Gasteiger partial charge in [-0.3, -0.25) is 5.32 Å². The van der Waals surface area contributed by atoms with Crippen LogP contribution < -0.4 is 15.4 Å². The number of nitrogens with one attached hydrogen (secondary N) is 2. The zero-order valence-corrected chi connectivity index (χ0v) is 14.0. The second-order valence-corrected chi connectivity index (χ2v) is 5.31. The minimum atomic E-state index is -0.533. The first kappa shape index (κ1) is 17.4. The predicted molar refractivity (Wildman–Crippen MR) is 93.8 cm³/mol. The number of anilines is 2. The molecule has 0 radical (unpaired) electrons. The van der Waals surface area contributed by atoms with E-state index >= 15 is 0 Å². The van der Waals surface area contributed by atoms with Crippen LogP contribution >= 0.6 is 0 Å². The molecule has 3 aromatic rings. The van der Waals surface area contributed by atoms with Crippen molar-refractivity contribution in [1.29, 1.82) is 0 Å². The van der Waals surface area contributed by atoms with E-state index in [0.29, 0.717) is 30.4 Å². The van der Waals surface area contributed by atoms with Gasteiger partial charge in [-0.05, 0) is 36.8 Å². The molecular weight excluding hydrogens is 339 g/mol. The summed E-state index contributed by atoms with van der Waals surface area (Å²) in [6.07, 6.45) is 0.337. The van der Waals surface area contributed by atoms with E-state index in [4.69, 9.17) is 9.15 Å². The number of halogens is 1. The number of ether oxygens (including phenoxy) is 1. The van der Waals surface area contributed by atoms with E-state index in [1.165, 1.54) is 12.1 Å². The van der Waals surface area contributed by atoms with Gasteiger partial charge in [-0.15, -0.1) is 5.10 Å². The fraction of sp³-hybridized carbons (Fsp3) is 0.167. The van der Waals surface area contributed by atoms with Gasteiger partial charge in [0.1, 0.15) is 11.6 Å². The van der Waals surface area contributed by atoms with Crippen molar-refractivity contribution < 1.29 is 18.3 Å². The minimum absolute atomic E-state index is 0.0338. The Hall–Kier alpha value is -3.42. The number of benzene rings is 2. The predicted octanol–water partition coefficient (Wildman–Crippen LogP) is 3.84. The Morgan fingerprint density at radius 2 is 1.88 bits per heavy atom. The van der Waals surface area contributed by atoms with Crippen LogP contribution in [0.25, 0.3) is 0 Å². The number of carbonyl (C=O) groups is 1. The van der Waals surface area contributed by atoms with Gasteiger partial charge in [0.2, 0.25) is 5.89 Å². The third-order valence-corrected chi connectivity index (χ3v) is 3.39. The number of rotatable bonds is 6. The Labute approximate surface area is 149 Å². The lowest BCUT2D eigenvalue weighted by molar-refractivity contribution is 0.261. The SMILES string of the molecule is CCOc1ccccc1NC(=O)Nc1nnc(Cc2ccc(F)cc2)o1. The van der Waals surface area contributed by atoms with Crippen LogP contribution in [0.2, 0.25) is 0 Å². The molecule has 0 saturated carbocycles. The number of para-hydroxylation sites is 2. The number of urea groups is 1. The number of aromatic nitrogens is 2. The van der Waals surface area contributed by atoms with Gasteiger partial charge in [0.15, 0.2) is 0 Å². The number of amides is 2. The van der Waals surface area contributed by atoms with E-state index in [2.05, 4.69) is 20.8 Å². The van der Waals surface area contributed by atoms with Crippen molar-refractivity contribution in [3.05, 3.63) is 65.8 Å². The third kappa shape index (κ3) is 4.56. The number of carbonyl (C=O) groups excluding carboxylic acids is 1. The van der Waals surface area contributed by atoms with Crippen molar-refractivity contribution in [2.24, 2.45) is 0 Å². The molecule has 0 aliphatic rings. The minimum Gasteiger partial charge on any atom is -0.492 e. The van der Waals surface area contributed by atoms with E-state index in [-0.39, 0.29) is 11.8 Å². The number of hydrogen-bond acceptors (Lipinski definition) is 5. The summed E-state index contributed by atoms with van der Waals surface area (Å²) < 4.78 is 23.7. The second-order valence-electron chi connectivity index (χ2n) is 5.31. The second kappa shape index (κ2) is 8.11. The molecule has 3 rings (SSSR count). The Balaban J connectivity index is 1.60. The van der Waals surface area contributed by atoms with Crippen molar-refractivity contribution in [1.82, 2.24) is 10.2 Å². The molecule has 0 spiro atoms. The molecule has 0 bridgehead atoms. The number of nitrogens with zero attached hydrogens (tertiary/aromatic N) is 2. The maximum Gasteiger partial charge on any atom is 0.327 e. The first-order chi connectivity index (χ1) is 12.6. The zero-order valence-electron chi connectivity index (χ0n) is 14.0. The zero-order chi connectivity index (χ0) is 18.4. The van der Waals surface area contributed by atoms with Gasteiger partial charge in [-0.1, -0.05) is 29.4 Å². The van der Waals surface area contributed by atoms with Crippen molar-refractivity contribution in [3.8, 4) is 5.75 Å². The molecule has 0 fully saturated rings. The molecule has 2 N–H and O–H groups in total. The Morgan fingerprint density at radius 1 is 1.12 bits per heavy atom. The summed E-state index contributed by atoms with van der Waals surface area (Å²) in [6, 6.07) is 12.5. The van der Waals surface area contributed by atoms with Crippen LogP contribution in [0.4, 0.5) is 20.9 Å². The summed E-state index contributed by atoms with van der Waals surface area (Å²) in [5, 5.41) is 12.8. The molecular formula is C18H17FN4O3. The monoisotopic (exact) mass is 356 g/mol. The van der Waals surface area contributed by atoms with Gasteiger partial charge in [0.05, 0.1) is 18.7 Å². The first-order valence-corrected chi connectivity index (χ1v) is 8.00. The average molecular weight is 356 g/mol. The molecule has 1 aromatic heterocycles. The molecule has 0 aliphatic carbocycles. The van der Waals surface area contributed by atoms with Gasteiger partial charge in [0, 0.05) is 0 Å². The summed E-state index contributed by atoms with van der Waals surface area (Å²) in [5.74, 6) is 0.556. The first-order valence-electron chi connectivity index (χ1n) is 8.00. The lowest BCUT2D eigenvalue weighted by Crippen LogP contribution is -2.20. The van der Waals surface area contributed by atoms with Crippen LogP contribution in [0, 0.1) is 5.82 Å². The largest absolute Gasteiger partial charge is 0.492 e. The highest BCUT2D eigenvalue weighted by atomic mass is 19.1. The highest BCUT2D eigenvalue weighted by molar-refractivity contribution is 5.99. The maximum atomic E-state index is 12.9. The molecule has 8 heteroatoms. The molecule has 26 heavy (non-hydrogen) atoms. The smallest absolute Gasteiger partial charge is 0.327 e. The summed E-state index contributed by atoms with van der Waals surface area (Å²) in [5.41, 5.74) is 1.34. The summed E-state index contributed by atoms with van der Waals surface area (Å²) >= 11 is 0. The quantitative estimate of drug-likeness (QED) is 0.700. The third-order valence-electron chi connectivity index (χ3n) is 3.39. The van der Waals surface area contributed by atoms with Crippen LogP contribution in [0.3, 0.4) is 0 Å². The molecule has 0 saturated heterocycles. The van der Waals surface area contributed by atoms with Crippen LogP contribution in [-0.4, -0.2) is 22.8 Å².